The van der Waals surface area contributed by atoms with E-state index in [1.54, 1.807) is 18.2 Å². The van der Waals surface area contributed by atoms with Gasteiger partial charge in [-0.2, -0.15) is 0 Å². The van der Waals surface area contributed by atoms with Gasteiger partial charge in [0.25, 0.3) is 5.91 Å². The second-order valence-corrected chi connectivity index (χ2v) is 8.97. The number of primary amides is 1. The van der Waals surface area contributed by atoms with E-state index in [9.17, 15) is 9.59 Å². The molecule has 2 saturated carbocycles. The standard InChI is InChI=1S/C20H27BN2O4/c1-19(2)20(3,4)27-21(26-19)14-10-12(17(22)24)9-13(11-14)18(25)23(15-5-6-15)16-7-8-16/h9-11,15-16H,5-8H2,1-4H3,(H2,22,24). The highest BCUT2D eigenvalue weighted by Gasteiger charge is 2.52. The first-order valence-electron chi connectivity index (χ1n) is 9.72. The molecular formula is C20H27BN2O4. The number of carbonyl (C=O) groups excluding carboxylic acids is 2. The van der Waals surface area contributed by atoms with Crippen molar-refractivity contribution in [2.75, 3.05) is 0 Å². The van der Waals surface area contributed by atoms with Gasteiger partial charge in [0, 0.05) is 23.2 Å². The molecule has 1 saturated heterocycles. The van der Waals surface area contributed by atoms with E-state index in [4.69, 9.17) is 15.0 Å². The van der Waals surface area contributed by atoms with E-state index in [-0.39, 0.29) is 5.91 Å². The van der Waals surface area contributed by atoms with Crippen LogP contribution in [-0.2, 0) is 9.31 Å². The topological polar surface area (TPSA) is 81.9 Å². The van der Waals surface area contributed by atoms with Gasteiger partial charge in [-0.1, -0.05) is 0 Å². The van der Waals surface area contributed by atoms with Crippen molar-refractivity contribution in [2.24, 2.45) is 5.73 Å². The van der Waals surface area contributed by atoms with Crippen LogP contribution in [0.25, 0.3) is 0 Å². The minimum Gasteiger partial charge on any atom is -0.399 e. The summed E-state index contributed by atoms with van der Waals surface area (Å²) in [6.07, 6.45) is 4.23. The summed E-state index contributed by atoms with van der Waals surface area (Å²) < 4.78 is 12.2. The third-order valence-electron chi connectivity index (χ3n) is 6.13. The molecule has 0 atom stereocenters. The number of benzene rings is 1. The zero-order valence-corrected chi connectivity index (χ0v) is 16.5. The summed E-state index contributed by atoms with van der Waals surface area (Å²) in [5.41, 5.74) is 5.97. The minimum absolute atomic E-state index is 0.0270. The minimum atomic E-state index is -0.642. The second kappa shape index (κ2) is 6.07. The maximum atomic E-state index is 13.2. The Morgan fingerprint density at radius 3 is 1.89 bits per heavy atom. The molecule has 3 fully saturated rings. The molecule has 1 aliphatic heterocycles. The lowest BCUT2D eigenvalue weighted by Gasteiger charge is -2.32. The summed E-state index contributed by atoms with van der Waals surface area (Å²) in [6.45, 7) is 7.88. The normalized spacial score (nSPS) is 23.3. The highest BCUT2D eigenvalue weighted by molar-refractivity contribution is 6.62. The molecule has 1 heterocycles. The van der Waals surface area contributed by atoms with Crippen LogP contribution in [0.3, 0.4) is 0 Å². The fraction of sp³-hybridized carbons (Fsp3) is 0.600. The molecular weight excluding hydrogens is 343 g/mol. The lowest BCUT2D eigenvalue weighted by atomic mass is 9.77. The van der Waals surface area contributed by atoms with Gasteiger partial charge in [-0.15, -0.1) is 0 Å². The molecule has 0 aromatic heterocycles. The number of carbonyl (C=O) groups is 2. The molecule has 2 N–H and O–H groups in total. The number of nitrogens with two attached hydrogens (primary N) is 1. The van der Waals surface area contributed by atoms with Gasteiger partial charge in [-0.05, 0) is 77.0 Å². The Labute approximate surface area is 160 Å². The molecule has 1 aromatic carbocycles. The number of rotatable bonds is 5. The Morgan fingerprint density at radius 2 is 1.44 bits per heavy atom. The zero-order valence-electron chi connectivity index (χ0n) is 16.5. The van der Waals surface area contributed by atoms with E-state index in [1.165, 1.54) is 0 Å². The Bertz CT molecular complexity index is 771. The van der Waals surface area contributed by atoms with Gasteiger partial charge in [0.1, 0.15) is 0 Å². The SMILES string of the molecule is CC1(C)OB(c2cc(C(N)=O)cc(C(=O)N(C3CC3)C3CC3)c2)OC1(C)C. The fourth-order valence-electron chi connectivity index (χ4n) is 3.52. The molecule has 3 aliphatic rings. The van der Waals surface area contributed by atoms with Crippen molar-refractivity contribution in [1.29, 1.82) is 0 Å². The van der Waals surface area contributed by atoms with Gasteiger partial charge in [-0.3, -0.25) is 9.59 Å². The van der Waals surface area contributed by atoms with Crippen molar-refractivity contribution in [2.45, 2.75) is 76.7 Å². The molecule has 1 aromatic rings. The fourth-order valence-corrected chi connectivity index (χ4v) is 3.52. The van der Waals surface area contributed by atoms with E-state index in [2.05, 4.69) is 0 Å². The molecule has 4 rings (SSSR count). The van der Waals surface area contributed by atoms with Gasteiger partial charge >= 0.3 is 7.12 Å². The van der Waals surface area contributed by atoms with Crippen molar-refractivity contribution in [3.8, 4) is 0 Å². The summed E-state index contributed by atoms with van der Waals surface area (Å²) in [6, 6.07) is 5.72. The molecule has 2 aliphatic carbocycles. The molecule has 0 bridgehead atoms. The van der Waals surface area contributed by atoms with Crippen molar-refractivity contribution in [3.05, 3.63) is 29.3 Å². The maximum Gasteiger partial charge on any atom is 0.494 e. The van der Waals surface area contributed by atoms with E-state index < -0.39 is 24.2 Å². The van der Waals surface area contributed by atoms with Crippen LogP contribution in [0.5, 0.6) is 0 Å². The Balaban J connectivity index is 1.69. The maximum absolute atomic E-state index is 13.2. The number of nitrogens with zero attached hydrogens (tertiary/aromatic N) is 1. The van der Waals surface area contributed by atoms with E-state index in [1.807, 2.05) is 32.6 Å². The smallest absolute Gasteiger partial charge is 0.399 e. The molecule has 6 nitrogen and oxygen atoms in total. The third kappa shape index (κ3) is 3.38. The van der Waals surface area contributed by atoms with Crippen LogP contribution in [0.1, 0.15) is 74.1 Å². The van der Waals surface area contributed by atoms with E-state index >= 15 is 0 Å². The van der Waals surface area contributed by atoms with Crippen LogP contribution in [0.4, 0.5) is 0 Å². The van der Waals surface area contributed by atoms with Gasteiger partial charge in [0.05, 0.1) is 11.2 Å². The summed E-state index contributed by atoms with van der Waals surface area (Å²) >= 11 is 0. The predicted molar refractivity (Wildman–Crippen MR) is 103 cm³/mol. The van der Waals surface area contributed by atoms with Gasteiger partial charge in [0.15, 0.2) is 0 Å². The van der Waals surface area contributed by atoms with Crippen LogP contribution in [0.15, 0.2) is 18.2 Å². The van der Waals surface area contributed by atoms with Crippen LogP contribution >= 0.6 is 0 Å². The van der Waals surface area contributed by atoms with Crippen LogP contribution < -0.4 is 11.2 Å². The van der Waals surface area contributed by atoms with E-state index in [0.717, 1.165) is 25.7 Å². The van der Waals surface area contributed by atoms with Crippen LogP contribution in [0, 0.1) is 0 Å². The van der Waals surface area contributed by atoms with E-state index in [0.29, 0.717) is 28.7 Å². The highest BCUT2D eigenvalue weighted by Crippen LogP contribution is 2.39. The van der Waals surface area contributed by atoms with Crippen molar-refractivity contribution in [1.82, 2.24) is 4.90 Å². The summed E-state index contributed by atoms with van der Waals surface area (Å²) in [4.78, 5) is 27.1. The molecule has 144 valence electrons. The molecule has 7 heteroatoms. The van der Waals surface area contributed by atoms with Crippen LogP contribution in [-0.4, -0.2) is 47.1 Å². The first-order chi connectivity index (χ1) is 12.6. The van der Waals surface area contributed by atoms with Crippen molar-refractivity contribution < 1.29 is 18.9 Å². The van der Waals surface area contributed by atoms with Gasteiger partial charge in [0.2, 0.25) is 5.91 Å². The average molecular weight is 370 g/mol. The number of hydrogen-bond acceptors (Lipinski definition) is 4. The largest absolute Gasteiger partial charge is 0.494 e. The molecule has 0 radical (unpaired) electrons. The predicted octanol–water partition coefficient (Wildman–Crippen LogP) is 1.85. The number of amides is 2. The first kappa shape index (κ1) is 18.5. The summed E-state index contributed by atoms with van der Waals surface area (Å²) in [5.74, 6) is -0.590. The Hall–Kier alpha value is -1.86. The summed E-state index contributed by atoms with van der Waals surface area (Å²) in [5, 5.41) is 0. The lowest BCUT2D eigenvalue weighted by Crippen LogP contribution is -2.41. The zero-order chi connectivity index (χ0) is 19.6. The van der Waals surface area contributed by atoms with Crippen molar-refractivity contribution in [3.63, 3.8) is 0 Å². The molecule has 0 unspecified atom stereocenters. The molecule has 27 heavy (non-hydrogen) atoms. The van der Waals surface area contributed by atoms with Gasteiger partial charge < -0.3 is 19.9 Å². The molecule has 2 amide bonds. The Morgan fingerprint density at radius 1 is 0.963 bits per heavy atom. The molecule has 0 spiro atoms. The van der Waals surface area contributed by atoms with Gasteiger partial charge in [-0.25, -0.2) is 0 Å². The van der Waals surface area contributed by atoms with Crippen LogP contribution in [0.2, 0.25) is 0 Å². The number of hydrogen-bond donors (Lipinski definition) is 1. The third-order valence-corrected chi connectivity index (χ3v) is 6.13. The highest BCUT2D eigenvalue weighted by atomic mass is 16.7. The quantitative estimate of drug-likeness (QED) is 0.802. The Kier molecular flexibility index (Phi) is 4.16. The van der Waals surface area contributed by atoms with Crippen molar-refractivity contribution >= 4 is 24.4 Å². The monoisotopic (exact) mass is 370 g/mol. The second-order valence-electron chi connectivity index (χ2n) is 8.97. The lowest BCUT2D eigenvalue weighted by molar-refractivity contribution is 0.00578. The average Bonchev–Trinajstić information content (AvgIpc) is 3.48. The first-order valence-corrected chi connectivity index (χ1v) is 9.72. The summed E-state index contributed by atoms with van der Waals surface area (Å²) in [7, 11) is -0.642.